The molecule has 0 bridgehead atoms. The fraction of sp³-hybridized carbons (Fsp3) is 0.286. The van der Waals surface area contributed by atoms with E-state index in [9.17, 15) is 13.2 Å². The number of rotatable bonds is 7. The van der Waals surface area contributed by atoms with E-state index < -0.39 is 10.0 Å². The van der Waals surface area contributed by atoms with Crippen LogP contribution in [0, 0.1) is 0 Å². The molecule has 0 N–H and O–H groups in total. The number of ether oxygens (including phenoxy) is 2. The molecule has 0 spiro atoms. The minimum atomic E-state index is -3.49. The number of carbonyl (C=O) groups is 1. The molecule has 1 aliphatic rings. The molecular weight excluding hydrogens is 414 g/mol. The number of hydrogen-bond acceptors (Lipinski definition) is 5. The summed E-state index contributed by atoms with van der Waals surface area (Å²) in [6, 6.07) is 9.37. The zero-order chi connectivity index (χ0) is 21.0. The zero-order valence-corrected chi connectivity index (χ0v) is 17.8. The van der Waals surface area contributed by atoms with Gasteiger partial charge < -0.3 is 9.47 Å². The summed E-state index contributed by atoms with van der Waals surface area (Å²) in [7, 11) is -0.491. The van der Waals surface area contributed by atoms with Crippen LogP contribution >= 0.6 is 11.6 Å². The molecule has 0 aliphatic carbocycles. The molecule has 1 fully saturated rings. The molecule has 1 heterocycles. The van der Waals surface area contributed by atoms with Crippen LogP contribution in [0.25, 0.3) is 6.08 Å². The Kier molecular flexibility index (Phi) is 6.62. The summed E-state index contributed by atoms with van der Waals surface area (Å²) < 4.78 is 37.0. The lowest BCUT2D eigenvalue weighted by Gasteiger charge is -2.15. The minimum absolute atomic E-state index is 0.201. The second-order valence-electron chi connectivity index (χ2n) is 6.57. The van der Waals surface area contributed by atoms with Gasteiger partial charge in [-0.2, -0.15) is 4.31 Å². The minimum Gasteiger partial charge on any atom is -0.493 e. The van der Waals surface area contributed by atoms with E-state index in [4.69, 9.17) is 21.1 Å². The normalized spacial score (nSPS) is 15.0. The van der Waals surface area contributed by atoms with Crippen molar-refractivity contribution < 1.29 is 22.7 Å². The summed E-state index contributed by atoms with van der Waals surface area (Å²) in [5.74, 6) is 0.636. The largest absolute Gasteiger partial charge is 0.493 e. The first-order chi connectivity index (χ1) is 13.9. The average Bonchev–Trinajstić information content (AvgIpc) is 3.27. The topological polar surface area (TPSA) is 72.9 Å². The molecule has 154 valence electrons. The predicted molar refractivity (Wildman–Crippen MR) is 112 cm³/mol. The molecular formula is C21H22ClNO5S. The summed E-state index contributed by atoms with van der Waals surface area (Å²) in [6.45, 7) is 1.08. The lowest BCUT2D eigenvalue weighted by atomic mass is 10.1. The molecule has 2 aromatic rings. The van der Waals surface area contributed by atoms with Crippen LogP contribution in [-0.2, 0) is 10.0 Å². The monoisotopic (exact) mass is 435 g/mol. The van der Waals surface area contributed by atoms with Crippen molar-refractivity contribution in [3.05, 3.63) is 58.6 Å². The maximum atomic E-state index is 12.6. The van der Waals surface area contributed by atoms with Gasteiger partial charge in [-0.25, -0.2) is 8.42 Å². The molecule has 1 aliphatic heterocycles. The van der Waals surface area contributed by atoms with Gasteiger partial charge in [-0.1, -0.05) is 17.7 Å². The van der Waals surface area contributed by atoms with E-state index in [1.807, 2.05) is 0 Å². The highest BCUT2D eigenvalue weighted by Gasteiger charge is 2.27. The van der Waals surface area contributed by atoms with E-state index in [2.05, 4.69) is 0 Å². The van der Waals surface area contributed by atoms with E-state index in [-0.39, 0.29) is 10.7 Å². The number of hydrogen-bond donors (Lipinski definition) is 0. The van der Waals surface area contributed by atoms with Gasteiger partial charge in [0.15, 0.2) is 17.3 Å². The number of ketones is 1. The Morgan fingerprint density at radius 3 is 2.31 bits per heavy atom. The molecule has 0 amide bonds. The second kappa shape index (κ2) is 8.98. The third kappa shape index (κ3) is 4.63. The molecule has 0 radical (unpaired) electrons. The number of sulfonamides is 1. The van der Waals surface area contributed by atoms with Crippen LogP contribution in [0.5, 0.6) is 11.5 Å². The van der Waals surface area contributed by atoms with E-state index in [0.717, 1.165) is 12.8 Å². The predicted octanol–water partition coefficient (Wildman–Crippen LogP) is 4.04. The third-order valence-corrected chi connectivity index (χ3v) is 6.92. The van der Waals surface area contributed by atoms with Crippen molar-refractivity contribution in [1.29, 1.82) is 0 Å². The molecule has 6 nitrogen and oxygen atoms in total. The van der Waals surface area contributed by atoms with Crippen LogP contribution in [0.2, 0.25) is 5.02 Å². The first kappa shape index (κ1) is 21.4. The number of allylic oxidation sites excluding steroid dienone is 1. The summed E-state index contributed by atoms with van der Waals surface area (Å²) in [4.78, 5) is 12.7. The zero-order valence-electron chi connectivity index (χ0n) is 16.2. The number of halogens is 1. The van der Waals surface area contributed by atoms with Crippen LogP contribution in [-0.4, -0.2) is 45.8 Å². The summed E-state index contributed by atoms with van der Waals surface area (Å²) in [5.41, 5.74) is 1.07. The fourth-order valence-electron chi connectivity index (χ4n) is 3.17. The van der Waals surface area contributed by atoms with Gasteiger partial charge in [0.25, 0.3) is 0 Å². The number of methoxy groups -OCH3 is 2. The van der Waals surface area contributed by atoms with Crippen LogP contribution in [0.3, 0.4) is 0 Å². The lowest BCUT2D eigenvalue weighted by Crippen LogP contribution is -2.27. The Morgan fingerprint density at radius 2 is 1.72 bits per heavy atom. The molecule has 2 aromatic carbocycles. The van der Waals surface area contributed by atoms with Crippen molar-refractivity contribution in [2.45, 2.75) is 17.7 Å². The van der Waals surface area contributed by atoms with Gasteiger partial charge in [-0.3, -0.25) is 4.79 Å². The smallest absolute Gasteiger partial charge is 0.243 e. The highest BCUT2D eigenvalue weighted by molar-refractivity contribution is 7.89. The van der Waals surface area contributed by atoms with E-state index in [1.165, 1.54) is 48.9 Å². The van der Waals surface area contributed by atoms with Gasteiger partial charge in [0, 0.05) is 18.7 Å². The van der Waals surface area contributed by atoms with E-state index >= 15 is 0 Å². The molecule has 0 atom stereocenters. The molecule has 0 saturated carbocycles. The highest BCUT2D eigenvalue weighted by Crippen LogP contribution is 2.36. The Balaban J connectivity index is 1.77. The first-order valence-electron chi connectivity index (χ1n) is 9.11. The summed E-state index contributed by atoms with van der Waals surface area (Å²) in [5, 5.41) is 0.371. The van der Waals surface area contributed by atoms with Crippen molar-refractivity contribution in [2.75, 3.05) is 27.3 Å². The number of benzene rings is 2. The Morgan fingerprint density at radius 1 is 1.07 bits per heavy atom. The van der Waals surface area contributed by atoms with Gasteiger partial charge >= 0.3 is 0 Å². The van der Waals surface area contributed by atoms with Gasteiger partial charge in [-0.15, -0.1) is 0 Å². The van der Waals surface area contributed by atoms with Crippen LogP contribution in [0.4, 0.5) is 0 Å². The van der Waals surface area contributed by atoms with Crippen molar-refractivity contribution in [1.82, 2.24) is 4.31 Å². The first-order valence-corrected chi connectivity index (χ1v) is 10.9. The number of nitrogens with zero attached hydrogens (tertiary/aromatic N) is 1. The molecule has 3 rings (SSSR count). The van der Waals surface area contributed by atoms with Crippen molar-refractivity contribution in [3.63, 3.8) is 0 Å². The Hall–Kier alpha value is -2.35. The van der Waals surface area contributed by atoms with Gasteiger partial charge in [-0.05, 0) is 60.9 Å². The van der Waals surface area contributed by atoms with Crippen molar-refractivity contribution >= 4 is 33.5 Å². The molecule has 0 unspecified atom stereocenters. The van der Waals surface area contributed by atoms with Crippen LogP contribution in [0.15, 0.2) is 47.4 Å². The van der Waals surface area contributed by atoms with Gasteiger partial charge in [0.1, 0.15) is 0 Å². The summed E-state index contributed by atoms with van der Waals surface area (Å²) >= 11 is 6.18. The molecule has 0 aromatic heterocycles. The van der Waals surface area contributed by atoms with Crippen LogP contribution in [0.1, 0.15) is 28.8 Å². The van der Waals surface area contributed by atoms with Gasteiger partial charge in [0.05, 0.1) is 24.1 Å². The maximum absolute atomic E-state index is 12.6. The quantitative estimate of drug-likeness (QED) is 0.484. The van der Waals surface area contributed by atoms with Gasteiger partial charge in [0.2, 0.25) is 10.0 Å². The molecule has 8 heteroatoms. The SMILES string of the molecule is COc1cc(C=CC(=O)c2ccc(S(=O)(=O)N3CCCC3)cc2)cc(Cl)c1OC. The van der Waals surface area contributed by atoms with E-state index in [1.54, 1.807) is 18.2 Å². The van der Waals surface area contributed by atoms with Crippen molar-refractivity contribution in [3.8, 4) is 11.5 Å². The molecule has 1 saturated heterocycles. The number of carbonyl (C=O) groups excluding carboxylic acids is 1. The third-order valence-electron chi connectivity index (χ3n) is 4.72. The molecule has 29 heavy (non-hydrogen) atoms. The van der Waals surface area contributed by atoms with Crippen LogP contribution < -0.4 is 9.47 Å². The second-order valence-corrected chi connectivity index (χ2v) is 8.92. The Labute approximate surface area is 175 Å². The average molecular weight is 436 g/mol. The highest BCUT2D eigenvalue weighted by atomic mass is 35.5. The lowest BCUT2D eigenvalue weighted by molar-refractivity contribution is 0.104. The Bertz CT molecular complexity index is 1030. The summed E-state index contributed by atoms with van der Waals surface area (Å²) in [6.07, 6.45) is 4.77. The van der Waals surface area contributed by atoms with E-state index in [0.29, 0.717) is 40.7 Å². The van der Waals surface area contributed by atoms with Crippen molar-refractivity contribution in [2.24, 2.45) is 0 Å². The maximum Gasteiger partial charge on any atom is 0.243 e. The standard InChI is InChI=1S/C21H22ClNO5S/c1-27-20-14-15(13-18(22)21(20)28-2)5-10-19(24)16-6-8-17(9-7-16)29(25,26)23-11-3-4-12-23/h5-10,13-14H,3-4,11-12H2,1-2H3. The fourth-order valence-corrected chi connectivity index (χ4v) is 4.98.